The van der Waals surface area contributed by atoms with Crippen molar-refractivity contribution in [3.8, 4) is 0 Å². The molecular formula is C15H18FNO5. The fourth-order valence-electron chi connectivity index (χ4n) is 1.88. The van der Waals surface area contributed by atoms with Crippen LogP contribution in [0.1, 0.15) is 23.7 Å². The molecule has 0 aliphatic heterocycles. The van der Waals surface area contributed by atoms with Gasteiger partial charge in [0.05, 0.1) is 20.6 Å². The number of ether oxygens (including phenoxy) is 2. The molecule has 0 saturated carbocycles. The third-order valence-electron chi connectivity index (χ3n) is 3.11. The lowest BCUT2D eigenvalue weighted by molar-refractivity contribution is -0.146. The number of carbonyl (C=O) groups excluding carboxylic acids is 3. The van der Waals surface area contributed by atoms with Crippen LogP contribution in [0.4, 0.5) is 4.39 Å². The van der Waals surface area contributed by atoms with Gasteiger partial charge in [-0.25, -0.2) is 9.18 Å². The molecule has 22 heavy (non-hydrogen) atoms. The average Bonchev–Trinajstić information content (AvgIpc) is 2.51. The third kappa shape index (κ3) is 4.83. The summed E-state index contributed by atoms with van der Waals surface area (Å²) in [6, 6.07) is 4.01. The fourth-order valence-corrected chi connectivity index (χ4v) is 1.88. The maximum Gasteiger partial charge on any atom is 0.328 e. The molecule has 0 fully saturated rings. The maximum absolute atomic E-state index is 13.1. The molecule has 0 saturated heterocycles. The van der Waals surface area contributed by atoms with Crippen LogP contribution < -0.4 is 5.32 Å². The maximum atomic E-state index is 13.1. The van der Waals surface area contributed by atoms with E-state index in [0.29, 0.717) is 0 Å². The number of methoxy groups -OCH3 is 2. The van der Waals surface area contributed by atoms with Gasteiger partial charge < -0.3 is 14.8 Å². The predicted octanol–water partition coefficient (Wildman–Crippen LogP) is 1.30. The Morgan fingerprint density at radius 1 is 1.23 bits per heavy atom. The van der Waals surface area contributed by atoms with Crippen LogP contribution >= 0.6 is 0 Å². The van der Waals surface area contributed by atoms with Gasteiger partial charge >= 0.3 is 11.9 Å². The molecular weight excluding hydrogens is 293 g/mol. The first-order valence-corrected chi connectivity index (χ1v) is 6.60. The molecule has 0 bridgehead atoms. The molecule has 0 radical (unpaired) electrons. The van der Waals surface area contributed by atoms with Gasteiger partial charge in [0.1, 0.15) is 11.9 Å². The van der Waals surface area contributed by atoms with Gasteiger partial charge in [0.15, 0.2) is 0 Å². The number of hydrogen-bond donors (Lipinski definition) is 1. The van der Waals surface area contributed by atoms with E-state index in [1.54, 1.807) is 6.92 Å². The molecule has 0 unspecified atom stereocenters. The van der Waals surface area contributed by atoms with E-state index in [-0.39, 0.29) is 12.0 Å². The summed E-state index contributed by atoms with van der Waals surface area (Å²) >= 11 is 0. The minimum atomic E-state index is -1.04. The zero-order valence-corrected chi connectivity index (χ0v) is 12.6. The van der Waals surface area contributed by atoms with Crippen molar-refractivity contribution in [1.82, 2.24) is 5.32 Å². The highest BCUT2D eigenvalue weighted by atomic mass is 19.1. The van der Waals surface area contributed by atoms with Crippen LogP contribution in [0, 0.1) is 11.7 Å². The first-order chi connectivity index (χ1) is 10.4. The molecule has 120 valence electrons. The lowest BCUT2D eigenvalue weighted by Crippen LogP contribution is -2.46. The van der Waals surface area contributed by atoms with Crippen molar-refractivity contribution in [2.45, 2.75) is 19.4 Å². The minimum Gasteiger partial charge on any atom is -0.469 e. The van der Waals surface area contributed by atoms with Gasteiger partial charge in [0.2, 0.25) is 0 Å². The van der Waals surface area contributed by atoms with Crippen LogP contribution in [0.5, 0.6) is 0 Å². The molecule has 1 amide bonds. The second-order valence-corrected chi connectivity index (χ2v) is 4.74. The minimum absolute atomic E-state index is 0.0687. The largest absolute Gasteiger partial charge is 0.469 e. The third-order valence-corrected chi connectivity index (χ3v) is 3.11. The molecule has 0 aliphatic carbocycles. The van der Waals surface area contributed by atoms with E-state index in [1.165, 1.54) is 32.4 Å². The van der Waals surface area contributed by atoms with Gasteiger partial charge in [-0.15, -0.1) is 0 Å². The summed E-state index contributed by atoms with van der Waals surface area (Å²) in [6.45, 7) is 1.60. The molecule has 6 nitrogen and oxygen atoms in total. The zero-order chi connectivity index (χ0) is 16.7. The standard InChI is InChI=1S/C15H18FNO5/c1-9(7-12(18)21-2)13(15(20)22-3)17-14(19)10-5-4-6-11(16)8-10/h4-6,8-9,13H,7H2,1-3H3,(H,17,19)/t9-,13-/m1/s1. The Balaban J connectivity index is 2.87. The first-order valence-electron chi connectivity index (χ1n) is 6.60. The van der Waals surface area contributed by atoms with Crippen molar-refractivity contribution in [2.24, 2.45) is 5.92 Å². The van der Waals surface area contributed by atoms with Crippen LogP contribution in [-0.4, -0.2) is 38.1 Å². The van der Waals surface area contributed by atoms with Crippen molar-refractivity contribution in [2.75, 3.05) is 14.2 Å². The van der Waals surface area contributed by atoms with E-state index >= 15 is 0 Å². The lowest BCUT2D eigenvalue weighted by Gasteiger charge is -2.22. The second kappa shape index (κ2) is 8.11. The Morgan fingerprint density at radius 3 is 2.45 bits per heavy atom. The summed E-state index contributed by atoms with van der Waals surface area (Å²) in [5.74, 6) is -2.95. The molecule has 0 spiro atoms. The SMILES string of the molecule is COC(=O)C[C@@H](C)[C@@H](NC(=O)c1cccc(F)c1)C(=O)OC. The summed E-state index contributed by atoms with van der Waals surface area (Å²) in [5, 5.41) is 2.45. The van der Waals surface area contributed by atoms with Crippen molar-refractivity contribution in [3.05, 3.63) is 35.6 Å². The highest BCUT2D eigenvalue weighted by Gasteiger charge is 2.30. The molecule has 1 rings (SSSR count). The Labute approximate surface area is 127 Å². The topological polar surface area (TPSA) is 81.7 Å². The van der Waals surface area contributed by atoms with E-state index < -0.39 is 35.6 Å². The molecule has 7 heteroatoms. The molecule has 1 aromatic carbocycles. The molecule has 2 atom stereocenters. The number of hydrogen-bond acceptors (Lipinski definition) is 5. The quantitative estimate of drug-likeness (QED) is 0.801. The predicted molar refractivity (Wildman–Crippen MR) is 75.5 cm³/mol. The van der Waals surface area contributed by atoms with Crippen LogP contribution in [0.2, 0.25) is 0 Å². The molecule has 0 aliphatic rings. The number of nitrogens with one attached hydrogen (secondary N) is 1. The van der Waals surface area contributed by atoms with Gasteiger partial charge in [0, 0.05) is 5.56 Å². The summed E-state index contributed by atoms with van der Waals surface area (Å²) in [5.41, 5.74) is 0.0687. The van der Waals surface area contributed by atoms with E-state index in [4.69, 9.17) is 0 Å². The number of rotatable bonds is 6. The van der Waals surface area contributed by atoms with Crippen molar-refractivity contribution in [3.63, 3.8) is 0 Å². The fraction of sp³-hybridized carbons (Fsp3) is 0.400. The number of esters is 2. The van der Waals surface area contributed by atoms with E-state index in [9.17, 15) is 18.8 Å². The Kier molecular flexibility index (Phi) is 6.49. The van der Waals surface area contributed by atoms with Gasteiger partial charge in [0.25, 0.3) is 5.91 Å². The normalized spacial score (nSPS) is 12.9. The van der Waals surface area contributed by atoms with Gasteiger partial charge in [-0.1, -0.05) is 13.0 Å². The van der Waals surface area contributed by atoms with Crippen molar-refractivity contribution >= 4 is 17.8 Å². The van der Waals surface area contributed by atoms with E-state index in [2.05, 4.69) is 14.8 Å². The highest BCUT2D eigenvalue weighted by Crippen LogP contribution is 2.12. The zero-order valence-electron chi connectivity index (χ0n) is 12.6. The van der Waals surface area contributed by atoms with E-state index in [0.717, 1.165) is 6.07 Å². The van der Waals surface area contributed by atoms with Crippen LogP contribution in [0.15, 0.2) is 24.3 Å². The number of amides is 1. The summed E-state index contributed by atoms with van der Waals surface area (Å²) < 4.78 is 22.3. The molecule has 1 aromatic rings. The van der Waals surface area contributed by atoms with E-state index in [1.807, 2.05) is 0 Å². The van der Waals surface area contributed by atoms with Crippen molar-refractivity contribution in [1.29, 1.82) is 0 Å². The summed E-state index contributed by atoms with van der Waals surface area (Å²) in [7, 11) is 2.40. The van der Waals surface area contributed by atoms with Gasteiger partial charge in [-0.05, 0) is 24.1 Å². The highest BCUT2D eigenvalue weighted by molar-refractivity contribution is 5.96. The van der Waals surface area contributed by atoms with Gasteiger partial charge in [-0.3, -0.25) is 9.59 Å². The summed E-state index contributed by atoms with van der Waals surface area (Å²) in [4.78, 5) is 35.2. The van der Waals surface area contributed by atoms with Crippen molar-refractivity contribution < 1.29 is 28.2 Å². The Hall–Kier alpha value is -2.44. The molecule has 0 heterocycles. The monoisotopic (exact) mass is 311 g/mol. The molecule has 0 aromatic heterocycles. The first kappa shape index (κ1) is 17.6. The second-order valence-electron chi connectivity index (χ2n) is 4.74. The smallest absolute Gasteiger partial charge is 0.328 e. The van der Waals surface area contributed by atoms with Crippen LogP contribution in [0.3, 0.4) is 0 Å². The Morgan fingerprint density at radius 2 is 1.91 bits per heavy atom. The number of carbonyl (C=O) groups is 3. The Bertz CT molecular complexity index is 561. The van der Waals surface area contributed by atoms with Crippen LogP contribution in [0.25, 0.3) is 0 Å². The van der Waals surface area contributed by atoms with Gasteiger partial charge in [-0.2, -0.15) is 0 Å². The average molecular weight is 311 g/mol. The number of benzene rings is 1. The lowest BCUT2D eigenvalue weighted by atomic mass is 9.98. The summed E-state index contributed by atoms with van der Waals surface area (Å²) in [6.07, 6.45) is -0.0697. The number of halogens is 1. The van der Waals surface area contributed by atoms with Crippen LogP contribution in [-0.2, 0) is 19.1 Å². The molecule has 1 N–H and O–H groups in total.